The minimum atomic E-state index is 0.135. The van der Waals surface area contributed by atoms with Crippen molar-refractivity contribution in [2.45, 2.75) is 32.6 Å². The molecule has 2 aliphatic rings. The predicted molar refractivity (Wildman–Crippen MR) is 68.7 cm³/mol. The Labute approximate surface area is 96.9 Å². The lowest BCUT2D eigenvalue weighted by atomic mass is 9.55. The van der Waals surface area contributed by atoms with E-state index in [9.17, 15) is 0 Å². The average molecular weight is 211 g/mol. The third-order valence-corrected chi connectivity index (χ3v) is 4.60. The van der Waals surface area contributed by atoms with Crippen molar-refractivity contribution in [3.05, 3.63) is 41.1 Å². The van der Waals surface area contributed by atoms with E-state index in [1.165, 1.54) is 16.8 Å². The molecule has 0 saturated heterocycles. The smallest absolute Gasteiger partial charge is 0.0470 e. The Hall–Kier alpha value is -1.37. The van der Waals surface area contributed by atoms with Crippen molar-refractivity contribution in [2.24, 2.45) is 10.4 Å². The minimum Gasteiger partial charge on any atom is -0.265 e. The van der Waals surface area contributed by atoms with Crippen LogP contribution >= 0.6 is 0 Å². The second kappa shape index (κ2) is 2.85. The lowest BCUT2D eigenvalue weighted by molar-refractivity contribution is 0.221. The van der Waals surface area contributed by atoms with Gasteiger partial charge in [0.15, 0.2) is 0 Å². The molecule has 0 fully saturated rings. The molecule has 1 heteroatoms. The van der Waals surface area contributed by atoms with Crippen LogP contribution in [0.3, 0.4) is 0 Å². The van der Waals surface area contributed by atoms with Gasteiger partial charge >= 0.3 is 0 Å². The molecule has 1 unspecified atom stereocenters. The fraction of sp³-hybridized carbons (Fsp3) is 0.400. The topological polar surface area (TPSA) is 12.4 Å². The number of nitrogens with zero attached hydrogens (tertiary/aromatic N) is 1. The first-order valence-electron chi connectivity index (χ1n) is 5.90. The van der Waals surface area contributed by atoms with Crippen LogP contribution in [-0.2, 0) is 5.41 Å². The van der Waals surface area contributed by atoms with E-state index in [1.54, 1.807) is 0 Å². The highest BCUT2D eigenvalue weighted by Gasteiger charge is 2.49. The van der Waals surface area contributed by atoms with Crippen molar-refractivity contribution in [3.63, 3.8) is 0 Å². The molecule has 1 heterocycles. The molecule has 0 N–H and O–H groups in total. The van der Waals surface area contributed by atoms with Crippen molar-refractivity contribution in [1.29, 1.82) is 0 Å². The largest absolute Gasteiger partial charge is 0.265 e. The SMILES string of the molecule is CC1(C)C2=Cc3ccccc3C1(C)CC=N2. The normalized spacial score (nSPS) is 29.6. The van der Waals surface area contributed by atoms with Gasteiger partial charge in [0.1, 0.15) is 0 Å². The molecule has 1 atom stereocenters. The molecule has 82 valence electrons. The number of rotatable bonds is 0. The first-order valence-corrected chi connectivity index (χ1v) is 5.90. The lowest BCUT2D eigenvalue weighted by Gasteiger charge is -2.50. The highest BCUT2D eigenvalue weighted by molar-refractivity contribution is 5.74. The van der Waals surface area contributed by atoms with Crippen molar-refractivity contribution >= 4 is 12.3 Å². The monoisotopic (exact) mass is 211 g/mol. The van der Waals surface area contributed by atoms with Gasteiger partial charge in [0.25, 0.3) is 0 Å². The third-order valence-electron chi connectivity index (χ3n) is 4.60. The Balaban J connectivity index is 2.37. The molecule has 1 aliphatic heterocycles. The van der Waals surface area contributed by atoms with Crippen LogP contribution in [0.15, 0.2) is 35.0 Å². The van der Waals surface area contributed by atoms with E-state index in [-0.39, 0.29) is 10.8 Å². The summed E-state index contributed by atoms with van der Waals surface area (Å²) in [6.07, 6.45) is 5.36. The highest BCUT2D eigenvalue weighted by atomic mass is 14.8. The molecule has 1 aromatic rings. The summed E-state index contributed by atoms with van der Waals surface area (Å²) in [4.78, 5) is 4.58. The van der Waals surface area contributed by atoms with Gasteiger partial charge in [-0.25, -0.2) is 0 Å². The maximum Gasteiger partial charge on any atom is 0.0470 e. The summed E-state index contributed by atoms with van der Waals surface area (Å²) in [5, 5.41) is 0. The highest BCUT2D eigenvalue weighted by Crippen LogP contribution is 2.55. The van der Waals surface area contributed by atoms with Gasteiger partial charge < -0.3 is 0 Å². The second-order valence-corrected chi connectivity index (χ2v) is 5.59. The summed E-state index contributed by atoms with van der Waals surface area (Å²) in [6.45, 7) is 6.99. The van der Waals surface area contributed by atoms with Gasteiger partial charge in [0.2, 0.25) is 0 Å². The molecule has 1 aromatic carbocycles. The van der Waals surface area contributed by atoms with Gasteiger partial charge in [-0.05, 0) is 23.6 Å². The lowest BCUT2D eigenvalue weighted by Crippen LogP contribution is -2.45. The first kappa shape index (κ1) is 9.83. The molecule has 16 heavy (non-hydrogen) atoms. The molecule has 2 bridgehead atoms. The summed E-state index contributed by atoms with van der Waals surface area (Å²) < 4.78 is 0. The fourth-order valence-electron chi connectivity index (χ4n) is 2.96. The van der Waals surface area contributed by atoms with Crippen molar-refractivity contribution in [1.82, 2.24) is 0 Å². The van der Waals surface area contributed by atoms with E-state index < -0.39 is 0 Å². The van der Waals surface area contributed by atoms with Crippen molar-refractivity contribution in [3.8, 4) is 0 Å². The van der Waals surface area contributed by atoms with E-state index in [2.05, 4.69) is 62.3 Å². The van der Waals surface area contributed by atoms with Crippen LogP contribution in [0.2, 0.25) is 0 Å². The number of hydrogen-bond donors (Lipinski definition) is 0. The minimum absolute atomic E-state index is 0.135. The van der Waals surface area contributed by atoms with Crippen LogP contribution in [0.1, 0.15) is 38.3 Å². The van der Waals surface area contributed by atoms with Gasteiger partial charge in [-0.3, -0.25) is 4.99 Å². The molecule has 0 amide bonds. The molecule has 3 rings (SSSR count). The quantitative estimate of drug-likeness (QED) is 0.619. The van der Waals surface area contributed by atoms with Crippen LogP contribution in [0.5, 0.6) is 0 Å². The van der Waals surface area contributed by atoms with Crippen LogP contribution in [0.25, 0.3) is 6.08 Å². The molecule has 1 nitrogen and oxygen atoms in total. The maximum absolute atomic E-state index is 4.58. The summed E-state index contributed by atoms with van der Waals surface area (Å²) in [6, 6.07) is 8.72. The zero-order valence-electron chi connectivity index (χ0n) is 10.1. The van der Waals surface area contributed by atoms with Crippen molar-refractivity contribution in [2.75, 3.05) is 0 Å². The summed E-state index contributed by atoms with van der Waals surface area (Å²) in [5.74, 6) is 0. The van der Waals surface area contributed by atoms with Crippen LogP contribution in [0.4, 0.5) is 0 Å². The van der Waals surface area contributed by atoms with Gasteiger partial charge in [0, 0.05) is 22.7 Å². The first-order chi connectivity index (χ1) is 7.56. The molecule has 0 spiro atoms. The van der Waals surface area contributed by atoms with Gasteiger partial charge in [-0.2, -0.15) is 0 Å². The van der Waals surface area contributed by atoms with Gasteiger partial charge in [-0.1, -0.05) is 45.0 Å². The number of hydrogen-bond acceptors (Lipinski definition) is 1. The van der Waals surface area contributed by atoms with Crippen LogP contribution < -0.4 is 0 Å². The molecular weight excluding hydrogens is 194 g/mol. The average Bonchev–Trinajstić information content (AvgIpc) is 2.23. The third kappa shape index (κ3) is 0.986. The van der Waals surface area contributed by atoms with Gasteiger partial charge in [0.05, 0.1) is 0 Å². The van der Waals surface area contributed by atoms with E-state index in [4.69, 9.17) is 0 Å². The Bertz CT molecular complexity index is 508. The van der Waals surface area contributed by atoms with Crippen molar-refractivity contribution < 1.29 is 0 Å². The van der Waals surface area contributed by atoms with E-state index in [1.807, 2.05) is 0 Å². The number of aliphatic imine (C=N–C) groups is 1. The molecule has 0 radical (unpaired) electrons. The number of benzene rings is 1. The Kier molecular flexibility index (Phi) is 1.75. The zero-order valence-corrected chi connectivity index (χ0v) is 10.1. The van der Waals surface area contributed by atoms with Gasteiger partial charge in [-0.15, -0.1) is 0 Å². The van der Waals surface area contributed by atoms with Crippen LogP contribution in [0, 0.1) is 5.41 Å². The Morgan fingerprint density at radius 2 is 1.88 bits per heavy atom. The fourth-order valence-corrected chi connectivity index (χ4v) is 2.96. The number of fused-ring (bicyclic) bond motifs is 4. The summed E-state index contributed by atoms with van der Waals surface area (Å²) >= 11 is 0. The van der Waals surface area contributed by atoms with E-state index in [0.29, 0.717) is 0 Å². The maximum atomic E-state index is 4.58. The predicted octanol–water partition coefficient (Wildman–Crippen LogP) is 3.80. The zero-order chi connectivity index (χ0) is 11.4. The second-order valence-electron chi connectivity index (χ2n) is 5.59. The summed E-state index contributed by atoms with van der Waals surface area (Å²) in [5.41, 5.74) is 4.36. The molecule has 0 saturated carbocycles. The van der Waals surface area contributed by atoms with Crippen LogP contribution in [-0.4, -0.2) is 6.21 Å². The molecule has 0 aromatic heterocycles. The van der Waals surface area contributed by atoms with E-state index >= 15 is 0 Å². The number of allylic oxidation sites excluding steroid dienone is 1. The standard InChI is InChI=1S/C15H17N/c1-14(2)13-10-11-6-4-5-7-12(11)15(14,3)8-9-16-13/h4-7,9-10H,8H2,1-3H3. The Morgan fingerprint density at radius 1 is 1.12 bits per heavy atom. The molecule has 1 aliphatic carbocycles. The summed E-state index contributed by atoms with van der Waals surface area (Å²) in [7, 11) is 0. The van der Waals surface area contributed by atoms with E-state index in [0.717, 1.165) is 6.42 Å². The Morgan fingerprint density at radius 3 is 2.69 bits per heavy atom. The molecular formula is C15H17N.